The molecule has 0 aromatic heterocycles. The van der Waals surface area contributed by atoms with Crippen LogP contribution in [0.25, 0.3) is 0 Å². The van der Waals surface area contributed by atoms with Crippen LogP contribution in [0.2, 0.25) is 0 Å². The van der Waals surface area contributed by atoms with E-state index in [2.05, 4.69) is 19.2 Å². The van der Waals surface area contributed by atoms with Crippen LogP contribution in [0.3, 0.4) is 0 Å². The van der Waals surface area contributed by atoms with Crippen molar-refractivity contribution < 1.29 is 4.79 Å². The summed E-state index contributed by atoms with van der Waals surface area (Å²) >= 11 is 0. The van der Waals surface area contributed by atoms with Gasteiger partial charge in [-0.2, -0.15) is 0 Å². The van der Waals surface area contributed by atoms with Crippen LogP contribution < -0.4 is 5.32 Å². The first-order valence-electron chi connectivity index (χ1n) is 5.58. The number of rotatable bonds is 8. The third-order valence-electron chi connectivity index (χ3n) is 2.08. The van der Waals surface area contributed by atoms with Gasteiger partial charge in [0, 0.05) is 13.0 Å². The fraction of sp³-hybridized carbons (Fsp3) is 0.909. The highest BCUT2D eigenvalue weighted by Gasteiger charge is 1.98. The summed E-state index contributed by atoms with van der Waals surface area (Å²) in [6.45, 7) is 5.10. The normalized spacial score (nSPS) is 10.0. The van der Waals surface area contributed by atoms with Crippen molar-refractivity contribution in [3.8, 4) is 0 Å². The second kappa shape index (κ2) is 9.56. The Morgan fingerprint density at radius 1 is 1.00 bits per heavy atom. The summed E-state index contributed by atoms with van der Waals surface area (Å²) in [5, 5.41) is 2.88. The molecule has 2 heteroatoms. The topological polar surface area (TPSA) is 29.1 Å². The lowest BCUT2D eigenvalue weighted by molar-refractivity contribution is -0.121. The van der Waals surface area contributed by atoms with Gasteiger partial charge in [-0.25, -0.2) is 0 Å². The van der Waals surface area contributed by atoms with Crippen molar-refractivity contribution in [2.24, 2.45) is 0 Å². The van der Waals surface area contributed by atoms with E-state index >= 15 is 0 Å². The molecule has 0 saturated carbocycles. The highest BCUT2D eigenvalue weighted by Crippen LogP contribution is 2.04. The van der Waals surface area contributed by atoms with E-state index in [9.17, 15) is 4.79 Å². The maximum Gasteiger partial charge on any atom is 0.219 e. The minimum absolute atomic E-state index is 0.221. The Morgan fingerprint density at radius 2 is 1.69 bits per heavy atom. The SMILES string of the molecule is CCCCCCCC(=O)NCCC. The molecule has 1 N–H and O–H groups in total. The molecule has 0 atom stereocenters. The number of unbranched alkanes of at least 4 members (excludes halogenated alkanes) is 4. The predicted molar refractivity (Wildman–Crippen MR) is 56.7 cm³/mol. The Bertz CT molecular complexity index is 123. The summed E-state index contributed by atoms with van der Waals surface area (Å²) in [6, 6.07) is 0. The fourth-order valence-corrected chi connectivity index (χ4v) is 1.24. The molecule has 0 aromatic carbocycles. The number of hydrogen-bond donors (Lipinski definition) is 1. The molecule has 0 aromatic rings. The summed E-state index contributed by atoms with van der Waals surface area (Å²) in [7, 11) is 0. The summed E-state index contributed by atoms with van der Waals surface area (Å²) in [5.74, 6) is 0.221. The lowest BCUT2D eigenvalue weighted by Crippen LogP contribution is -2.23. The molecule has 0 aliphatic rings. The van der Waals surface area contributed by atoms with Crippen molar-refractivity contribution in [1.29, 1.82) is 0 Å². The molecule has 78 valence electrons. The van der Waals surface area contributed by atoms with E-state index in [0.717, 1.165) is 19.4 Å². The molecule has 0 radical (unpaired) electrons. The summed E-state index contributed by atoms with van der Waals surface area (Å²) in [4.78, 5) is 11.1. The molecule has 2 nitrogen and oxygen atoms in total. The van der Waals surface area contributed by atoms with E-state index in [1.165, 1.54) is 25.7 Å². The maximum absolute atomic E-state index is 11.1. The zero-order valence-corrected chi connectivity index (χ0v) is 9.07. The standard InChI is InChI=1S/C11H23NO/c1-3-5-6-7-8-9-11(13)12-10-4-2/h3-10H2,1-2H3,(H,12,13). The summed E-state index contributed by atoms with van der Waals surface area (Å²) in [6.07, 6.45) is 7.84. The molecule has 0 bridgehead atoms. The molecule has 0 saturated heterocycles. The van der Waals surface area contributed by atoms with Crippen LogP contribution in [0, 0.1) is 0 Å². The number of nitrogens with one attached hydrogen (secondary N) is 1. The molecule has 0 aliphatic heterocycles. The average molecular weight is 185 g/mol. The Hall–Kier alpha value is -0.530. The van der Waals surface area contributed by atoms with Gasteiger partial charge < -0.3 is 5.32 Å². The average Bonchev–Trinajstić information content (AvgIpc) is 2.14. The quantitative estimate of drug-likeness (QED) is 0.579. The monoisotopic (exact) mass is 185 g/mol. The van der Waals surface area contributed by atoms with Gasteiger partial charge >= 0.3 is 0 Å². The fourth-order valence-electron chi connectivity index (χ4n) is 1.24. The molecule has 0 aliphatic carbocycles. The lowest BCUT2D eigenvalue weighted by atomic mass is 10.1. The van der Waals surface area contributed by atoms with Crippen molar-refractivity contribution in [2.45, 2.75) is 58.8 Å². The molecule has 0 unspecified atom stereocenters. The summed E-state index contributed by atoms with van der Waals surface area (Å²) < 4.78 is 0. The lowest BCUT2D eigenvalue weighted by Gasteiger charge is -2.02. The van der Waals surface area contributed by atoms with Gasteiger partial charge in [0.2, 0.25) is 5.91 Å². The van der Waals surface area contributed by atoms with Crippen LogP contribution in [0.4, 0.5) is 0 Å². The van der Waals surface area contributed by atoms with Gasteiger partial charge in [0.1, 0.15) is 0 Å². The molecule has 0 heterocycles. The van der Waals surface area contributed by atoms with Crippen LogP contribution in [0.15, 0.2) is 0 Å². The Morgan fingerprint density at radius 3 is 2.31 bits per heavy atom. The Balaban J connectivity index is 3.08. The van der Waals surface area contributed by atoms with Crippen LogP contribution in [-0.2, 0) is 4.79 Å². The molecule has 0 fully saturated rings. The first-order valence-corrected chi connectivity index (χ1v) is 5.58. The zero-order chi connectivity index (χ0) is 9.94. The minimum Gasteiger partial charge on any atom is -0.356 e. The molecule has 1 amide bonds. The van der Waals surface area contributed by atoms with Crippen molar-refractivity contribution >= 4 is 5.91 Å². The molecular formula is C11H23NO. The second-order valence-electron chi connectivity index (χ2n) is 3.51. The van der Waals surface area contributed by atoms with Gasteiger partial charge in [0.15, 0.2) is 0 Å². The van der Waals surface area contributed by atoms with Crippen molar-refractivity contribution in [2.75, 3.05) is 6.54 Å². The molecule has 0 spiro atoms. The van der Waals surface area contributed by atoms with Gasteiger partial charge in [0.25, 0.3) is 0 Å². The molecule has 0 rings (SSSR count). The van der Waals surface area contributed by atoms with Crippen molar-refractivity contribution in [3.63, 3.8) is 0 Å². The third-order valence-corrected chi connectivity index (χ3v) is 2.08. The van der Waals surface area contributed by atoms with Crippen LogP contribution in [-0.4, -0.2) is 12.5 Å². The van der Waals surface area contributed by atoms with E-state index in [1.54, 1.807) is 0 Å². The number of carbonyl (C=O) groups excluding carboxylic acids is 1. The predicted octanol–water partition coefficient (Wildman–Crippen LogP) is 2.87. The van der Waals surface area contributed by atoms with E-state index in [4.69, 9.17) is 0 Å². The van der Waals surface area contributed by atoms with E-state index in [1.807, 2.05) is 0 Å². The summed E-state index contributed by atoms with van der Waals surface area (Å²) in [5.41, 5.74) is 0. The van der Waals surface area contributed by atoms with Gasteiger partial charge in [-0.1, -0.05) is 39.5 Å². The smallest absolute Gasteiger partial charge is 0.219 e. The van der Waals surface area contributed by atoms with Crippen LogP contribution in [0.5, 0.6) is 0 Å². The maximum atomic E-state index is 11.1. The Kier molecular flexibility index (Phi) is 9.17. The Labute approximate surface area is 82.1 Å². The zero-order valence-electron chi connectivity index (χ0n) is 9.07. The first kappa shape index (κ1) is 12.5. The van der Waals surface area contributed by atoms with E-state index in [-0.39, 0.29) is 5.91 Å². The van der Waals surface area contributed by atoms with Crippen LogP contribution in [0.1, 0.15) is 58.8 Å². The molecule has 13 heavy (non-hydrogen) atoms. The van der Waals surface area contributed by atoms with E-state index < -0.39 is 0 Å². The first-order chi connectivity index (χ1) is 6.31. The van der Waals surface area contributed by atoms with E-state index in [0.29, 0.717) is 6.42 Å². The van der Waals surface area contributed by atoms with Crippen molar-refractivity contribution in [3.05, 3.63) is 0 Å². The highest BCUT2D eigenvalue weighted by molar-refractivity contribution is 5.75. The van der Waals surface area contributed by atoms with Gasteiger partial charge in [0.05, 0.1) is 0 Å². The highest BCUT2D eigenvalue weighted by atomic mass is 16.1. The van der Waals surface area contributed by atoms with Gasteiger partial charge in [-0.05, 0) is 12.8 Å². The minimum atomic E-state index is 0.221. The largest absolute Gasteiger partial charge is 0.356 e. The second-order valence-corrected chi connectivity index (χ2v) is 3.51. The van der Waals surface area contributed by atoms with Gasteiger partial charge in [-0.15, -0.1) is 0 Å². The van der Waals surface area contributed by atoms with Gasteiger partial charge in [-0.3, -0.25) is 4.79 Å². The molecular weight excluding hydrogens is 162 g/mol. The number of amides is 1. The van der Waals surface area contributed by atoms with Crippen LogP contribution >= 0.6 is 0 Å². The third kappa shape index (κ3) is 9.38. The number of hydrogen-bond acceptors (Lipinski definition) is 1. The van der Waals surface area contributed by atoms with Crippen molar-refractivity contribution in [1.82, 2.24) is 5.32 Å². The number of carbonyl (C=O) groups is 1.